The molecule has 0 aliphatic carbocycles. The molecule has 0 fully saturated rings. The van der Waals surface area contributed by atoms with Crippen LogP contribution in [0.25, 0.3) is 0 Å². The van der Waals surface area contributed by atoms with Crippen LogP contribution < -0.4 is 10.1 Å². The van der Waals surface area contributed by atoms with Crippen LogP contribution in [0.2, 0.25) is 10.0 Å². The van der Waals surface area contributed by atoms with Crippen molar-refractivity contribution in [1.29, 1.82) is 0 Å². The van der Waals surface area contributed by atoms with Gasteiger partial charge >= 0.3 is 0 Å². The van der Waals surface area contributed by atoms with Gasteiger partial charge in [-0.2, -0.15) is 0 Å². The number of hydrogen-bond acceptors (Lipinski definition) is 4. The number of halogens is 2. The third-order valence-corrected chi connectivity index (χ3v) is 4.49. The van der Waals surface area contributed by atoms with E-state index in [-0.39, 0.29) is 5.91 Å². The van der Waals surface area contributed by atoms with E-state index < -0.39 is 0 Å². The summed E-state index contributed by atoms with van der Waals surface area (Å²) in [6, 6.07) is 5.05. The lowest BCUT2D eigenvalue weighted by atomic mass is 10.3. The van der Waals surface area contributed by atoms with E-state index in [1.54, 1.807) is 18.2 Å². The summed E-state index contributed by atoms with van der Waals surface area (Å²) in [7, 11) is 0. The Morgan fingerprint density at radius 2 is 2.14 bits per heavy atom. The molecule has 1 amide bonds. The quantitative estimate of drug-likeness (QED) is 0.749. The molecule has 1 N–H and O–H groups in total. The third kappa shape index (κ3) is 4.87. The minimum atomic E-state index is -0.0699. The van der Waals surface area contributed by atoms with Crippen molar-refractivity contribution in [2.24, 2.45) is 0 Å². The maximum atomic E-state index is 11.8. The van der Waals surface area contributed by atoms with Crippen LogP contribution in [0.4, 0.5) is 5.13 Å². The number of hydrogen-bond donors (Lipinski definition) is 1. The Labute approximate surface area is 143 Å². The monoisotopic (exact) mass is 358 g/mol. The molecule has 2 rings (SSSR count). The molecule has 0 atom stereocenters. The molecule has 0 unspecified atom stereocenters. The summed E-state index contributed by atoms with van der Waals surface area (Å²) in [5.41, 5.74) is 0.945. The van der Waals surface area contributed by atoms with Gasteiger partial charge in [-0.1, -0.05) is 23.2 Å². The van der Waals surface area contributed by atoms with Gasteiger partial charge in [-0.05, 0) is 38.5 Å². The molecule has 0 spiro atoms. The first-order valence-corrected chi connectivity index (χ1v) is 8.34. The second-order valence-corrected chi connectivity index (χ2v) is 6.78. The van der Waals surface area contributed by atoms with Crippen molar-refractivity contribution in [3.05, 3.63) is 38.8 Å². The fourth-order valence-electron chi connectivity index (χ4n) is 1.72. The Hall–Kier alpha value is -1.30. The molecule has 1 heterocycles. The van der Waals surface area contributed by atoms with Crippen LogP contribution in [0, 0.1) is 13.8 Å². The fraction of sp³-hybridized carbons (Fsp3) is 0.333. The van der Waals surface area contributed by atoms with Crippen molar-refractivity contribution in [3.63, 3.8) is 0 Å². The number of benzene rings is 1. The van der Waals surface area contributed by atoms with Crippen LogP contribution in [0.5, 0.6) is 5.75 Å². The van der Waals surface area contributed by atoms with Gasteiger partial charge in [0, 0.05) is 16.3 Å². The van der Waals surface area contributed by atoms with E-state index >= 15 is 0 Å². The summed E-state index contributed by atoms with van der Waals surface area (Å²) in [5.74, 6) is 0.497. The van der Waals surface area contributed by atoms with Crippen LogP contribution in [-0.4, -0.2) is 17.5 Å². The zero-order valence-electron chi connectivity index (χ0n) is 12.3. The van der Waals surface area contributed by atoms with Crippen molar-refractivity contribution in [2.75, 3.05) is 11.9 Å². The maximum Gasteiger partial charge on any atom is 0.226 e. The third-order valence-electron chi connectivity index (χ3n) is 2.97. The summed E-state index contributed by atoms with van der Waals surface area (Å²) < 4.78 is 5.53. The first-order valence-electron chi connectivity index (χ1n) is 6.77. The number of carbonyl (C=O) groups is 1. The Morgan fingerprint density at radius 3 is 2.77 bits per heavy atom. The topological polar surface area (TPSA) is 51.2 Å². The molecule has 0 saturated carbocycles. The Bertz CT molecular complexity index is 654. The molecular formula is C15H16Cl2N2O2S. The van der Waals surface area contributed by atoms with Crippen LogP contribution in [0.3, 0.4) is 0 Å². The lowest BCUT2D eigenvalue weighted by Gasteiger charge is -2.08. The van der Waals surface area contributed by atoms with Gasteiger partial charge in [0.15, 0.2) is 5.13 Å². The highest BCUT2D eigenvalue weighted by atomic mass is 35.5. The lowest BCUT2D eigenvalue weighted by molar-refractivity contribution is -0.116. The minimum Gasteiger partial charge on any atom is -0.492 e. The average molecular weight is 359 g/mol. The molecule has 0 aliphatic rings. The van der Waals surface area contributed by atoms with E-state index in [0.717, 1.165) is 10.6 Å². The van der Waals surface area contributed by atoms with Crippen molar-refractivity contribution in [1.82, 2.24) is 4.98 Å². The van der Waals surface area contributed by atoms with E-state index in [1.165, 1.54) is 11.3 Å². The second kappa shape index (κ2) is 7.81. The SMILES string of the molecule is Cc1nc(NC(=O)CCCOc2ccc(Cl)cc2Cl)sc1C. The molecule has 0 bridgehead atoms. The zero-order valence-corrected chi connectivity index (χ0v) is 14.6. The van der Waals surface area contributed by atoms with E-state index in [9.17, 15) is 4.79 Å². The Balaban J connectivity index is 1.73. The van der Waals surface area contributed by atoms with Gasteiger partial charge in [-0.25, -0.2) is 4.98 Å². The number of anilines is 1. The van der Waals surface area contributed by atoms with Crippen LogP contribution in [0.1, 0.15) is 23.4 Å². The highest BCUT2D eigenvalue weighted by Crippen LogP contribution is 2.27. The fourth-order valence-corrected chi connectivity index (χ4v) is 3.01. The number of nitrogens with one attached hydrogen (secondary N) is 1. The van der Waals surface area contributed by atoms with Gasteiger partial charge in [0.2, 0.25) is 5.91 Å². The highest BCUT2D eigenvalue weighted by molar-refractivity contribution is 7.15. The van der Waals surface area contributed by atoms with E-state index in [2.05, 4.69) is 10.3 Å². The summed E-state index contributed by atoms with van der Waals surface area (Å²) in [5, 5.41) is 4.46. The summed E-state index contributed by atoms with van der Waals surface area (Å²) >= 11 is 13.3. The standard InChI is InChI=1S/C15H16Cl2N2O2S/c1-9-10(2)22-15(18-9)19-14(20)4-3-7-21-13-6-5-11(16)8-12(13)17/h5-6,8H,3-4,7H2,1-2H3,(H,18,19,20). The highest BCUT2D eigenvalue weighted by Gasteiger charge is 2.08. The zero-order chi connectivity index (χ0) is 16.1. The molecule has 4 nitrogen and oxygen atoms in total. The molecule has 1 aromatic carbocycles. The van der Waals surface area contributed by atoms with Crippen LogP contribution in [-0.2, 0) is 4.79 Å². The number of ether oxygens (including phenoxy) is 1. The van der Waals surface area contributed by atoms with Crippen LogP contribution >= 0.6 is 34.5 Å². The summed E-state index contributed by atoms with van der Waals surface area (Å²) in [4.78, 5) is 17.2. The first kappa shape index (κ1) is 17.1. The predicted molar refractivity (Wildman–Crippen MR) is 91.4 cm³/mol. The van der Waals surface area contributed by atoms with Crippen molar-refractivity contribution in [3.8, 4) is 5.75 Å². The van der Waals surface area contributed by atoms with Crippen molar-refractivity contribution < 1.29 is 9.53 Å². The van der Waals surface area contributed by atoms with E-state index in [0.29, 0.717) is 40.4 Å². The van der Waals surface area contributed by atoms with E-state index in [4.69, 9.17) is 27.9 Å². The number of amides is 1. The molecule has 1 aromatic heterocycles. The van der Waals surface area contributed by atoms with Gasteiger partial charge < -0.3 is 10.1 Å². The minimum absolute atomic E-state index is 0.0699. The lowest BCUT2D eigenvalue weighted by Crippen LogP contribution is -2.12. The second-order valence-electron chi connectivity index (χ2n) is 4.74. The molecule has 0 radical (unpaired) electrons. The molecule has 0 saturated heterocycles. The molecule has 22 heavy (non-hydrogen) atoms. The maximum absolute atomic E-state index is 11.8. The molecule has 7 heteroatoms. The van der Waals surface area contributed by atoms with E-state index in [1.807, 2.05) is 13.8 Å². The summed E-state index contributed by atoms with van der Waals surface area (Å²) in [6.07, 6.45) is 0.955. The van der Waals surface area contributed by atoms with Crippen LogP contribution in [0.15, 0.2) is 18.2 Å². The molecule has 118 valence electrons. The Morgan fingerprint density at radius 1 is 1.36 bits per heavy atom. The van der Waals surface area contributed by atoms with Gasteiger partial charge in [0.1, 0.15) is 5.75 Å². The first-order chi connectivity index (χ1) is 10.5. The van der Waals surface area contributed by atoms with Crippen molar-refractivity contribution >= 4 is 45.6 Å². The summed E-state index contributed by atoms with van der Waals surface area (Å²) in [6.45, 7) is 4.31. The molecule has 2 aromatic rings. The van der Waals surface area contributed by atoms with Gasteiger partial charge in [0.05, 0.1) is 17.3 Å². The average Bonchev–Trinajstić information content (AvgIpc) is 2.75. The molecular weight excluding hydrogens is 343 g/mol. The van der Waals surface area contributed by atoms with Gasteiger partial charge in [-0.3, -0.25) is 4.79 Å². The normalized spacial score (nSPS) is 10.5. The largest absolute Gasteiger partial charge is 0.492 e. The van der Waals surface area contributed by atoms with Crippen molar-refractivity contribution in [2.45, 2.75) is 26.7 Å². The van der Waals surface area contributed by atoms with Gasteiger partial charge in [-0.15, -0.1) is 11.3 Å². The van der Waals surface area contributed by atoms with Gasteiger partial charge in [0.25, 0.3) is 0 Å². The predicted octanol–water partition coefficient (Wildman–Crippen LogP) is 4.86. The number of aryl methyl sites for hydroxylation is 2. The smallest absolute Gasteiger partial charge is 0.226 e. The number of aromatic nitrogens is 1. The number of carbonyl (C=O) groups excluding carboxylic acids is 1. The number of nitrogens with zero attached hydrogens (tertiary/aromatic N) is 1. The number of thiazole rings is 1. The Kier molecular flexibility index (Phi) is 6.06. The molecule has 0 aliphatic heterocycles. The number of rotatable bonds is 6.